The maximum absolute atomic E-state index is 10.2. The van der Waals surface area contributed by atoms with Crippen molar-refractivity contribution in [3.05, 3.63) is 11.1 Å². The first kappa shape index (κ1) is 21.8. The van der Waals surface area contributed by atoms with Crippen LogP contribution in [0, 0.1) is 5.41 Å². The van der Waals surface area contributed by atoms with Gasteiger partial charge in [-0.25, -0.2) is 0 Å². The van der Waals surface area contributed by atoms with Gasteiger partial charge in [-0.1, -0.05) is 25.0 Å². The average Bonchev–Trinajstić information content (AvgIpc) is 2.53. The van der Waals surface area contributed by atoms with Crippen molar-refractivity contribution < 1.29 is 35.0 Å². The summed E-state index contributed by atoms with van der Waals surface area (Å²) in [5.74, 6) is 0. The van der Waals surface area contributed by atoms with E-state index in [-0.39, 0.29) is 17.6 Å². The van der Waals surface area contributed by atoms with Crippen LogP contribution in [0.15, 0.2) is 11.1 Å². The van der Waals surface area contributed by atoms with E-state index >= 15 is 0 Å². The van der Waals surface area contributed by atoms with Gasteiger partial charge in [-0.3, -0.25) is 0 Å². The van der Waals surface area contributed by atoms with E-state index in [1.54, 1.807) is 6.92 Å². The lowest BCUT2D eigenvalue weighted by Gasteiger charge is -2.44. The summed E-state index contributed by atoms with van der Waals surface area (Å²) < 4.78 is 11.4. The Balaban J connectivity index is 2.07. The van der Waals surface area contributed by atoms with E-state index in [1.165, 1.54) is 11.1 Å². The highest BCUT2D eigenvalue weighted by molar-refractivity contribution is 5.24. The molecule has 152 valence electrons. The van der Waals surface area contributed by atoms with E-state index in [4.69, 9.17) is 9.47 Å². The van der Waals surface area contributed by atoms with Gasteiger partial charge in [0, 0.05) is 0 Å². The van der Waals surface area contributed by atoms with E-state index in [1.807, 2.05) is 0 Å². The second-order valence-corrected chi connectivity index (χ2v) is 8.39. The zero-order chi connectivity index (χ0) is 19.6. The van der Waals surface area contributed by atoms with Crippen molar-refractivity contribution in [1.29, 1.82) is 0 Å². The van der Waals surface area contributed by atoms with Gasteiger partial charge >= 0.3 is 0 Å². The van der Waals surface area contributed by atoms with Gasteiger partial charge in [-0.15, -0.1) is 0 Å². The maximum Gasteiger partial charge on any atom is 0.186 e. The summed E-state index contributed by atoms with van der Waals surface area (Å²) in [5, 5.41) is 48.8. The van der Waals surface area contributed by atoms with Crippen molar-refractivity contribution in [1.82, 2.24) is 0 Å². The molecule has 0 radical (unpaired) electrons. The highest BCUT2D eigenvalue weighted by Crippen LogP contribution is 2.44. The van der Waals surface area contributed by atoms with Gasteiger partial charge in [0.2, 0.25) is 0 Å². The summed E-state index contributed by atoms with van der Waals surface area (Å²) in [7, 11) is 0. The van der Waals surface area contributed by atoms with Gasteiger partial charge in [-0.2, -0.15) is 0 Å². The first-order chi connectivity index (χ1) is 12.1. The summed E-state index contributed by atoms with van der Waals surface area (Å²) in [5.41, 5.74) is 2.42. The summed E-state index contributed by atoms with van der Waals surface area (Å²) in [6.07, 6.45) is -3.86. The van der Waals surface area contributed by atoms with Crippen molar-refractivity contribution in [2.24, 2.45) is 5.41 Å². The van der Waals surface area contributed by atoms with Crippen LogP contribution in [0.2, 0.25) is 0 Å². The molecule has 1 aliphatic heterocycles. The minimum absolute atomic E-state index is 0.115. The molecule has 7 nitrogen and oxygen atoms in total. The lowest BCUT2D eigenvalue weighted by molar-refractivity contribution is -0.313. The van der Waals surface area contributed by atoms with Crippen LogP contribution in [-0.4, -0.2) is 75.1 Å². The molecule has 26 heavy (non-hydrogen) atoms. The van der Waals surface area contributed by atoms with E-state index in [0.717, 1.165) is 6.42 Å². The van der Waals surface area contributed by atoms with E-state index < -0.39 is 37.3 Å². The molecule has 2 aliphatic rings. The van der Waals surface area contributed by atoms with Crippen molar-refractivity contribution in [3.63, 3.8) is 0 Å². The Hall–Kier alpha value is -0.540. The summed E-state index contributed by atoms with van der Waals surface area (Å²) in [6.45, 7) is 7.65. The van der Waals surface area contributed by atoms with Crippen LogP contribution in [0.25, 0.3) is 0 Å². The van der Waals surface area contributed by atoms with Crippen LogP contribution in [-0.2, 0) is 9.47 Å². The van der Waals surface area contributed by atoms with Gasteiger partial charge in [0.25, 0.3) is 0 Å². The molecule has 2 rings (SSSR count). The van der Waals surface area contributed by atoms with Gasteiger partial charge in [0.15, 0.2) is 6.29 Å². The largest absolute Gasteiger partial charge is 0.394 e. The lowest BCUT2D eigenvalue weighted by Crippen LogP contribution is -2.59. The van der Waals surface area contributed by atoms with Crippen molar-refractivity contribution in [2.75, 3.05) is 6.61 Å². The molecule has 0 saturated carbocycles. The van der Waals surface area contributed by atoms with Crippen LogP contribution in [0.3, 0.4) is 0 Å². The summed E-state index contributed by atoms with van der Waals surface area (Å²) >= 11 is 0. The third-order valence-electron chi connectivity index (χ3n) is 5.59. The van der Waals surface area contributed by atoms with Crippen LogP contribution in [0.4, 0.5) is 0 Å². The minimum atomic E-state index is -1.43. The average molecular weight is 374 g/mol. The number of aliphatic hydroxyl groups is 5. The zero-order valence-corrected chi connectivity index (χ0v) is 16.1. The van der Waals surface area contributed by atoms with Crippen LogP contribution in [0.5, 0.6) is 0 Å². The molecule has 1 aliphatic carbocycles. The molecule has 1 saturated heterocycles. The fraction of sp³-hybridized carbons (Fsp3) is 0.895. The fourth-order valence-corrected chi connectivity index (χ4v) is 4.18. The fourth-order valence-electron chi connectivity index (χ4n) is 4.18. The summed E-state index contributed by atoms with van der Waals surface area (Å²) in [6, 6.07) is 0. The predicted octanol–water partition coefficient (Wildman–Crippen LogP) is 0.469. The number of rotatable bonds is 6. The number of ether oxygens (including phenoxy) is 2. The second-order valence-electron chi connectivity index (χ2n) is 8.39. The number of hydrogen-bond acceptors (Lipinski definition) is 7. The maximum atomic E-state index is 10.2. The molecule has 1 heterocycles. The Morgan fingerprint density at radius 3 is 2.38 bits per heavy atom. The Labute approximate surface area is 155 Å². The molecule has 0 spiro atoms. The number of allylic oxidation sites excluding steroid dienone is 1. The molecule has 0 amide bonds. The van der Waals surface area contributed by atoms with Gasteiger partial charge in [-0.05, 0) is 44.9 Å². The molecule has 0 aromatic rings. The highest BCUT2D eigenvalue weighted by atomic mass is 16.7. The topological polar surface area (TPSA) is 120 Å². The summed E-state index contributed by atoms with van der Waals surface area (Å²) in [4.78, 5) is 0. The Morgan fingerprint density at radius 2 is 1.85 bits per heavy atom. The smallest absolute Gasteiger partial charge is 0.186 e. The third kappa shape index (κ3) is 4.84. The second kappa shape index (κ2) is 8.65. The van der Waals surface area contributed by atoms with E-state index in [9.17, 15) is 25.5 Å². The Morgan fingerprint density at radius 1 is 1.19 bits per heavy atom. The SMILES string of the molecule is CC1=C(CC[C@H](C)O)C(C)(C)C[C@H](O[C@@H]2O[C@H](CO)[C@H](O)[C@H](O)[C@@H]2O)C1. The Kier molecular flexibility index (Phi) is 7.23. The quantitative estimate of drug-likeness (QED) is 0.429. The number of hydrogen-bond donors (Lipinski definition) is 5. The van der Waals surface area contributed by atoms with Crippen molar-refractivity contribution >= 4 is 0 Å². The zero-order valence-electron chi connectivity index (χ0n) is 16.1. The molecule has 0 unspecified atom stereocenters. The first-order valence-electron chi connectivity index (χ1n) is 9.40. The molecule has 7 heteroatoms. The van der Waals surface area contributed by atoms with Crippen molar-refractivity contribution in [3.8, 4) is 0 Å². The van der Waals surface area contributed by atoms with Crippen LogP contribution in [0.1, 0.15) is 53.4 Å². The normalized spacial score (nSPS) is 39.1. The standard InChI is InChI=1S/C19H34O7/c1-10-7-12(8-19(3,4)13(10)6-5-11(2)21)25-18-17(24)16(23)15(22)14(9-20)26-18/h11-12,14-18,20-24H,5-9H2,1-4H3/t11-,12+,14+,15-,16-,17-,18+/m0/s1. The highest BCUT2D eigenvalue weighted by Gasteiger charge is 2.45. The molecule has 1 fully saturated rings. The predicted molar refractivity (Wildman–Crippen MR) is 95.3 cm³/mol. The molecular weight excluding hydrogens is 340 g/mol. The Bertz CT molecular complexity index is 500. The van der Waals surface area contributed by atoms with Gasteiger partial charge < -0.3 is 35.0 Å². The lowest BCUT2D eigenvalue weighted by atomic mass is 9.70. The van der Waals surface area contributed by atoms with Crippen LogP contribution >= 0.6 is 0 Å². The molecule has 0 aromatic carbocycles. The molecule has 0 aromatic heterocycles. The first-order valence-corrected chi connectivity index (χ1v) is 9.40. The molecule has 0 bridgehead atoms. The minimum Gasteiger partial charge on any atom is -0.394 e. The third-order valence-corrected chi connectivity index (χ3v) is 5.59. The monoisotopic (exact) mass is 374 g/mol. The van der Waals surface area contributed by atoms with Crippen LogP contribution < -0.4 is 0 Å². The van der Waals surface area contributed by atoms with Gasteiger partial charge in [0.1, 0.15) is 24.4 Å². The molecule has 7 atom stereocenters. The van der Waals surface area contributed by atoms with Crippen molar-refractivity contribution in [2.45, 2.75) is 96.3 Å². The van der Waals surface area contributed by atoms with Gasteiger partial charge in [0.05, 0.1) is 18.8 Å². The number of aliphatic hydroxyl groups excluding tert-OH is 5. The van der Waals surface area contributed by atoms with E-state index in [2.05, 4.69) is 20.8 Å². The molecule has 5 N–H and O–H groups in total. The molecular formula is C19H34O7. The van der Waals surface area contributed by atoms with E-state index in [0.29, 0.717) is 19.3 Å².